The van der Waals surface area contributed by atoms with Crippen molar-refractivity contribution in [3.63, 3.8) is 0 Å². The van der Waals surface area contributed by atoms with Gasteiger partial charge in [-0.15, -0.1) is 0 Å². The van der Waals surface area contributed by atoms with E-state index >= 15 is 8.78 Å². The highest BCUT2D eigenvalue weighted by Gasteiger charge is 2.53. The van der Waals surface area contributed by atoms with Crippen molar-refractivity contribution in [1.82, 2.24) is 10.3 Å². The summed E-state index contributed by atoms with van der Waals surface area (Å²) in [5, 5.41) is 2.75. The number of methoxy groups -OCH3 is 2. The lowest BCUT2D eigenvalue weighted by atomic mass is 9.84. The van der Waals surface area contributed by atoms with Crippen LogP contribution in [0, 0.1) is 11.6 Å². The minimum absolute atomic E-state index is 0.121. The van der Waals surface area contributed by atoms with Crippen LogP contribution in [0.2, 0.25) is 0 Å². The topological polar surface area (TPSA) is 76.1 Å². The first kappa shape index (κ1) is 25.1. The molecule has 36 heavy (non-hydrogen) atoms. The number of pyridine rings is 1. The average Bonchev–Trinajstić information content (AvgIpc) is 3.69. The number of nitrogens with zero attached hydrogens (tertiary/aromatic N) is 3. The zero-order valence-corrected chi connectivity index (χ0v) is 20.7. The standard InChI is InChI=1S/C27H28F2N4O3/c1-7-18(32-22(34)8-2)25(30-4)19-11-17-16(13-31-19)14-33(15(3)27(17)9-10-27)26-23(28)20(35-5)12-21(36-6)24(26)29/h7-8,11-13H,2-3,9-10,14H2,1,4-6H3,(H,32,34)/b18-7+,30-25?. The average molecular weight is 495 g/mol. The second-order valence-electron chi connectivity index (χ2n) is 8.57. The van der Waals surface area contributed by atoms with E-state index in [1.807, 2.05) is 6.07 Å². The van der Waals surface area contributed by atoms with E-state index in [1.165, 1.54) is 26.4 Å². The molecule has 188 valence electrons. The summed E-state index contributed by atoms with van der Waals surface area (Å²) in [6, 6.07) is 3.11. The molecule has 0 atom stereocenters. The molecule has 1 aliphatic heterocycles. The molecule has 7 nitrogen and oxygen atoms in total. The molecule has 1 aliphatic carbocycles. The number of hydrogen-bond acceptors (Lipinski definition) is 6. The number of carbonyl (C=O) groups excluding carboxylic acids is 1. The largest absolute Gasteiger partial charge is 0.493 e. The first-order valence-corrected chi connectivity index (χ1v) is 11.4. The van der Waals surface area contributed by atoms with Crippen molar-refractivity contribution in [2.75, 3.05) is 26.2 Å². The van der Waals surface area contributed by atoms with Crippen LogP contribution in [-0.2, 0) is 16.8 Å². The van der Waals surface area contributed by atoms with Crippen molar-refractivity contribution in [1.29, 1.82) is 0 Å². The number of fused-ring (bicyclic) bond motifs is 2. The van der Waals surface area contributed by atoms with Crippen molar-refractivity contribution in [3.8, 4) is 11.5 Å². The predicted octanol–water partition coefficient (Wildman–Crippen LogP) is 4.57. The summed E-state index contributed by atoms with van der Waals surface area (Å²) in [5.74, 6) is -2.25. The molecule has 1 amide bonds. The third-order valence-electron chi connectivity index (χ3n) is 6.73. The zero-order valence-electron chi connectivity index (χ0n) is 20.7. The Labute approximate surface area is 208 Å². The summed E-state index contributed by atoms with van der Waals surface area (Å²) in [6.45, 7) is 9.69. The number of anilines is 1. The number of amides is 1. The highest BCUT2D eigenvalue weighted by atomic mass is 19.1. The molecular formula is C27H28F2N4O3. The van der Waals surface area contributed by atoms with Gasteiger partial charge in [-0.05, 0) is 43.0 Å². The predicted molar refractivity (Wildman–Crippen MR) is 134 cm³/mol. The molecule has 1 saturated carbocycles. The van der Waals surface area contributed by atoms with Gasteiger partial charge in [-0.3, -0.25) is 14.8 Å². The van der Waals surface area contributed by atoms with Gasteiger partial charge in [0.15, 0.2) is 23.1 Å². The molecule has 9 heteroatoms. The van der Waals surface area contributed by atoms with Crippen LogP contribution in [0.4, 0.5) is 14.5 Å². The number of carbonyl (C=O) groups is 1. The van der Waals surface area contributed by atoms with E-state index in [2.05, 4.69) is 28.5 Å². The Hall–Kier alpha value is -4.01. The summed E-state index contributed by atoms with van der Waals surface area (Å²) in [5.41, 5.74) is 3.21. The lowest BCUT2D eigenvalue weighted by Crippen LogP contribution is -2.37. The number of rotatable bonds is 7. The van der Waals surface area contributed by atoms with Crippen molar-refractivity contribution >= 4 is 17.3 Å². The number of hydrogen-bond donors (Lipinski definition) is 1. The second-order valence-corrected chi connectivity index (χ2v) is 8.57. The Morgan fingerprint density at radius 3 is 2.36 bits per heavy atom. The second kappa shape index (κ2) is 9.56. The Morgan fingerprint density at radius 2 is 1.86 bits per heavy atom. The quantitative estimate of drug-likeness (QED) is 0.451. The molecule has 2 aromatic rings. The molecule has 2 aliphatic rings. The summed E-state index contributed by atoms with van der Waals surface area (Å²) in [4.78, 5) is 22.4. The lowest BCUT2D eigenvalue weighted by Gasteiger charge is -2.39. The lowest BCUT2D eigenvalue weighted by molar-refractivity contribution is -0.115. The normalized spacial score (nSPS) is 16.5. The van der Waals surface area contributed by atoms with E-state index in [4.69, 9.17) is 9.47 Å². The minimum Gasteiger partial charge on any atom is -0.493 e. The number of benzene rings is 1. The van der Waals surface area contributed by atoms with Crippen LogP contribution in [0.15, 0.2) is 60.0 Å². The molecule has 0 saturated heterocycles. The van der Waals surface area contributed by atoms with Crippen LogP contribution >= 0.6 is 0 Å². The van der Waals surface area contributed by atoms with Gasteiger partial charge < -0.3 is 19.7 Å². The molecular weight excluding hydrogens is 466 g/mol. The van der Waals surface area contributed by atoms with E-state index < -0.39 is 17.0 Å². The van der Waals surface area contributed by atoms with Gasteiger partial charge in [0, 0.05) is 37.0 Å². The molecule has 0 radical (unpaired) electrons. The first-order valence-electron chi connectivity index (χ1n) is 11.4. The van der Waals surface area contributed by atoms with Crippen LogP contribution in [-0.4, -0.2) is 37.9 Å². The van der Waals surface area contributed by atoms with Crippen LogP contribution in [0.3, 0.4) is 0 Å². The number of ether oxygens (including phenoxy) is 2. The number of halogens is 2. The van der Waals surface area contributed by atoms with Gasteiger partial charge in [-0.1, -0.05) is 19.2 Å². The Balaban J connectivity index is 1.79. The van der Waals surface area contributed by atoms with Crippen LogP contribution < -0.4 is 19.7 Å². The summed E-state index contributed by atoms with van der Waals surface area (Å²) >= 11 is 0. The number of aliphatic imine (C=N–C) groups is 1. The van der Waals surface area contributed by atoms with Crippen molar-refractivity contribution < 1.29 is 23.0 Å². The highest BCUT2D eigenvalue weighted by Crippen LogP contribution is 2.59. The SMILES string of the molecule is C=CC(=O)N/C(=C/C)C(=NC)c1cc2c(cn1)CN(c1c(F)c(OC)cc(OC)c1F)C(=C)C21CC1. The smallest absolute Gasteiger partial charge is 0.247 e. The third kappa shape index (κ3) is 3.94. The number of aromatic nitrogens is 1. The van der Waals surface area contributed by atoms with Crippen molar-refractivity contribution in [2.24, 2.45) is 4.99 Å². The Bertz CT molecular complexity index is 1300. The third-order valence-corrected chi connectivity index (χ3v) is 6.73. The molecule has 1 spiro atoms. The molecule has 1 N–H and O–H groups in total. The van der Waals surface area contributed by atoms with E-state index in [0.29, 0.717) is 22.8 Å². The summed E-state index contributed by atoms with van der Waals surface area (Å²) in [7, 11) is 4.25. The van der Waals surface area contributed by atoms with Gasteiger partial charge in [0.2, 0.25) is 5.91 Å². The van der Waals surface area contributed by atoms with Crippen LogP contribution in [0.25, 0.3) is 0 Å². The van der Waals surface area contributed by atoms with E-state index in [-0.39, 0.29) is 29.6 Å². The highest BCUT2D eigenvalue weighted by molar-refractivity contribution is 6.13. The molecule has 0 unspecified atom stereocenters. The molecule has 1 fully saturated rings. The minimum atomic E-state index is -0.822. The van der Waals surface area contributed by atoms with Crippen LogP contribution in [0.5, 0.6) is 11.5 Å². The summed E-state index contributed by atoms with van der Waals surface area (Å²) in [6.07, 6.45) is 6.14. The number of allylic oxidation sites excluding steroid dienone is 3. The van der Waals surface area contributed by atoms with Gasteiger partial charge in [0.1, 0.15) is 11.4 Å². The summed E-state index contributed by atoms with van der Waals surface area (Å²) < 4.78 is 41.0. The molecule has 0 bridgehead atoms. The maximum atomic E-state index is 15.4. The Morgan fingerprint density at radius 1 is 1.22 bits per heavy atom. The van der Waals surface area contributed by atoms with Crippen LogP contribution in [0.1, 0.15) is 36.6 Å². The fourth-order valence-electron chi connectivity index (χ4n) is 4.70. The van der Waals surface area contributed by atoms with E-state index in [1.54, 1.807) is 31.1 Å². The van der Waals surface area contributed by atoms with Gasteiger partial charge in [0.05, 0.1) is 25.6 Å². The van der Waals surface area contributed by atoms with E-state index in [9.17, 15) is 4.79 Å². The number of nitrogens with one attached hydrogen (secondary N) is 1. The fourth-order valence-corrected chi connectivity index (χ4v) is 4.70. The molecule has 2 heterocycles. The Kier molecular flexibility index (Phi) is 6.67. The zero-order chi connectivity index (χ0) is 26.2. The fraction of sp³-hybridized carbons (Fsp3) is 0.296. The van der Waals surface area contributed by atoms with Gasteiger partial charge in [0.25, 0.3) is 0 Å². The molecule has 1 aromatic heterocycles. The van der Waals surface area contributed by atoms with Gasteiger partial charge in [-0.2, -0.15) is 0 Å². The van der Waals surface area contributed by atoms with Gasteiger partial charge >= 0.3 is 0 Å². The maximum Gasteiger partial charge on any atom is 0.247 e. The first-order chi connectivity index (χ1) is 17.3. The molecule has 1 aromatic carbocycles. The van der Waals surface area contributed by atoms with E-state index in [0.717, 1.165) is 24.0 Å². The maximum absolute atomic E-state index is 15.4. The van der Waals surface area contributed by atoms with Crippen molar-refractivity contribution in [3.05, 3.63) is 83.5 Å². The molecule has 4 rings (SSSR count). The van der Waals surface area contributed by atoms with Crippen molar-refractivity contribution in [2.45, 2.75) is 31.7 Å². The van der Waals surface area contributed by atoms with Gasteiger partial charge in [-0.25, -0.2) is 8.78 Å². The monoisotopic (exact) mass is 494 g/mol.